The largest absolute Gasteiger partial charge is 0.454 e. The summed E-state index contributed by atoms with van der Waals surface area (Å²) in [7, 11) is 0. The molecule has 0 unspecified atom stereocenters. The van der Waals surface area contributed by atoms with Crippen molar-refractivity contribution in [2.75, 3.05) is 17.2 Å². The minimum absolute atomic E-state index is 0.0326. The van der Waals surface area contributed by atoms with E-state index in [2.05, 4.69) is 31.9 Å². The summed E-state index contributed by atoms with van der Waals surface area (Å²) < 4.78 is 12.4. The minimum Gasteiger partial charge on any atom is -0.454 e. The van der Waals surface area contributed by atoms with Gasteiger partial charge in [-0.2, -0.15) is 0 Å². The van der Waals surface area contributed by atoms with Gasteiger partial charge in [-0.15, -0.1) is 0 Å². The van der Waals surface area contributed by atoms with Crippen LogP contribution in [0, 0.1) is 10.1 Å². The molecule has 6 N–H and O–H groups in total. The Kier molecular flexibility index (Phi) is 9.27. The van der Waals surface area contributed by atoms with Gasteiger partial charge in [0, 0.05) is 10.0 Å². The number of nitro groups is 1. The van der Waals surface area contributed by atoms with Gasteiger partial charge in [-0.25, -0.2) is 0 Å². The molecule has 0 spiro atoms. The molecule has 12 heteroatoms. The third-order valence-electron chi connectivity index (χ3n) is 4.51. The highest BCUT2D eigenvalue weighted by Crippen LogP contribution is 2.42. The molecule has 0 atom stereocenters. The summed E-state index contributed by atoms with van der Waals surface area (Å²) in [5.74, 6) is 1.54. The molecular formula is C24H18Br2Cl2N4O4. The molecule has 4 aromatic carbocycles. The topological polar surface area (TPSA) is 140 Å². The van der Waals surface area contributed by atoms with Crippen molar-refractivity contribution in [1.82, 2.24) is 0 Å². The van der Waals surface area contributed by atoms with Crippen LogP contribution in [-0.2, 0) is 0 Å². The highest BCUT2D eigenvalue weighted by Gasteiger charge is 2.23. The third-order valence-corrected chi connectivity index (χ3v) is 6.23. The second-order valence-electron chi connectivity index (χ2n) is 7.07. The van der Waals surface area contributed by atoms with Gasteiger partial charge in [-0.3, -0.25) is 10.1 Å². The maximum Gasteiger partial charge on any atom is 0.335 e. The first-order valence-electron chi connectivity index (χ1n) is 9.99. The van der Waals surface area contributed by atoms with Gasteiger partial charge in [-0.1, -0.05) is 35.3 Å². The van der Waals surface area contributed by atoms with Gasteiger partial charge >= 0.3 is 5.69 Å². The number of nitro benzene ring substituents is 1. The summed E-state index contributed by atoms with van der Waals surface area (Å²) in [5, 5.41) is 12.1. The Morgan fingerprint density at radius 3 is 1.69 bits per heavy atom. The third kappa shape index (κ3) is 6.94. The highest BCUT2D eigenvalue weighted by molar-refractivity contribution is 9.11. The fourth-order valence-electron chi connectivity index (χ4n) is 2.84. The smallest absolute Gasteiger partial charge is 0.335 e. The number of nitrogen functional groups attached to an aromatic ring is 3. The van der Waals surface area contributed by atoms with E-state index < -0.39 is 4.92 Å². The Balaban J connectivity index is 0.000000202. The van der Waals surface area contributed by atoms with Gasteiger partial charge in [0.1, 0.15) is 17.2 Å². The van der Waals surface area contributed by atoms with Crippen LogP contribution in [0.2, 0.25) is 10.0 Å². The van der Waals surface area contributed by atoms with Crippen molar-refractivity contribution in [3.8, 4) is 23.0 Å². The molecule has 0 aliphatic heterocycles. The van der Waals surface area contributed by atoms with Crippen LogP contribution < -0.4 is 26.7 Å². The summed E-state index contributed by atoms with van der Waals surface area (Å²) in [6.07, 6.45) is 0. The predicted octanol–water partition coefficient (Wildman–Crippen LogP) is 8.44. The van der Waals surface area contributed by atoms with E-state index >= 15 is 0 Å². The lowest BCUT2D eigenvalue weighted by molar-refractivity contribution is -0.384. The SMILES string of the molecule is Nc1ccc(Br)c(Oc2cccc(Cl)c2)c1N.Nc1ccc(Br)c(Oc2cccc(Cl)c2)c1[N+](=O)[O-]. The van der Waals surface area contributed by atoms with Crippen LogP contribution in [0.1, 0.15) is 0 Å². The number of rotatable bonds is 5. The Morgan fingerprint density at radius 2 is 1.19 bits per heavy atom. The van der Waals surface area contributed by atoms with Crippen molar-refractivity contribution in [2.45, 2.75) is 0 Å². The molecule has 0 saturated heterocycles. The summed E-state index contributed by atoms with van der Waals surface area (Å²) in [4.78, 5) is 10.5. The number of hydrogen-bond donors (Lipinski definition) is 3. The van der Waals surface area contributed by atoms with Crippen LogP contribution in [-0.4, -0.2) is 4.92 Å². The van der Waals surface area contributed by atoms with Crippen LogP contribution in [0.25, 0.3) is 0 Å². The van der Waals surface area contributed by atoms with Crippen molar-refractivity contribution in [1.29, 1.82) is 0 Å². The van der Waals surface area contributed by atoms with Crippen molar-refractivity contribution in [3.05, 3.63) is 102 Å². The second kappa shape index (κ2) is 12.2. The van der Waals surface area contributed by atoms with Gasteiger partial charge in [0.2, 0.25) is 5.75 Å². The summed E-state index contributed by atoms with van der Waals surface area (Å²) in [6.45, 7) is 0. The van der Waals surface area contributed by atoms with Crippen molar-refractivity contribution >= 4 is 77.8 Å². The van der Waals surface area contributed by atoms with Gasteiger partial charge in [0.15, 0.2) is 5.75 Å². The summed E-state index contributed by atoms with van der Waals surface area (Å²) in [5.41, 5.74) is 17.8. The first kappa shape index (κ1) is 27.4. The second-order valence-corrected chi connectivity index (χ2v) is 9.65. The van der Waals surface area contributed by atoms with Gasteiger partial charge in [-0.05, 0) is 92.5 Å². The van der Waals surface area contributed by atoms with Crippen LogP contribution in [0.3, 0.4) is 0 Å². The van der Waals surface area contributed by atoms with Crippen molar-refractivity contribution in [2.24, 2.45) is 0 Å². The summed E-state index contributed by atoms with van der Waals surface area (Å²) >= 11 is 18.3. The monoisotopic (exact) mass is 654 g/mol. The molecule has 0 amide bonds. The van der Waals surface area contributed by atoms with E-state index in [1.807, 2.05) is 0 Å². The van der Waals surface area contributed by atoms with E-state index in [0.717, 1.165) is 4.47 Å². The predicted molar refractivity (Wildman–Crippen MR) is 151 cm³/mol. The Labute approximate surface area is 233 Å². The fraction of sp³-hybridized carbons (Fsp3) is 0. The normalized spacial score (nSPS) is 10.2. The first-order chi connectivity index (χ1) is 17.1. The van der Waals surface area contributed by atoms with E-state index in [0.29, 0.717) is 43.1 Å². The molecule has 4 rings (SSSR count). The molecule has 0 aromatic heterocycles. The standard InChI is InChI=1S/C12H8BrClN2O3.C12H10BrClN2O/c13-9-4-5-10(15)11(16(17)18)12(9)19-8-3-1-2-7(14)6-8;13-9-4-5-10(15)11(16)12(9)17-8-3-1-2-7(14)6-8/h1-6H,15H2;1-6H,15-16H2. The maximum atomic E-state index is 11.1. The molecule has 0 aliphatic carbocycles. The molecule has 0 radical (unpaired) electrons. The number of ether oxygens (including phenoxy) is 2. The van der Waals surface area contributed by atoms with E-state index in [4.69, 9.17) is 49.9 Å². The minimum atomic E-state index is -0.583. The molecule has 0 bridgehead atoms. The zero-order valence-electron chi connectivity index (χ0n) is 18.3. The quantitative estimate of drug-likeness (QED) is 0.111. The maximum absolute atomic E-state index is 11.1. The fourth-order valence-corrected chi connectivity index (χ4v) is 4.02. The lowest BCUT2D eigenvalue weighted by Crippen LogP contribution is -1.99. The van der Waals surface area contributed by atoms with Crippen LogP contribution >= 0.6 is 55.1 Å². The summed E-state index contributed by atoms with van der Waals surface area (Å²) in [6, 6.07) is 20.1. The zero-order chi connectivity index (χ0) is 26.4. The molecular weight excluding hydrogens is 639 g/mol. The average molecular weight is 657 g/mol. The first-order valence-corrected chi connectivity index (χ1v) is 12.3. The van der Waals surface area contributed by atoms with E-state index in [9.17, 15) is 10.1 Å². The lowest BCUT2D eigenvalue weighted by Gasteiger charge is -2.12. The Morgan fingerprint density at radius 1 is 0.722 bits per heavy atom. The number of hydrogen-bond acceptors (Lipinski definition) is 7. The van der Waals surface area contributed by atoms with Gasteiger partial charge in [0.05, 0.1) is 25.2 Å². The number of nitrogens with two attached hydrogens (primary N) is 3. The van der Waals surface area contributed by atoms with Crippen LogP contribution in [0.4, 0.5) is 22.7 Å². The molecule has 4 aromatic rings. The molecule has 186 valence electrons. The Hall–Kier alpha value is -3.18. The molecule has 0 fully saturated rings. The highest BCUT2D eigenvalue weighted by atomic mass is 79.9. The molecule has 8 nitrogen and oxygen atoms in total. The van der Waals surface area contributed by atoms with Crippen LogP contribution in [0.5, 0.6) is 23.0 Å². The van der Waals surface area contributed by atoms with Crippen molar-refractivity contribution < 1.29 is 14.4 Å². The lowest BCUT2D eigenvalue weighted by atomic mass is 10.2. The van der Waals surface area contributed by atoms with Gasteiger partial charge in [0.25, 0.3) is 0 Å². The number of nitrogens with zero attached hydrogens (tertiary/aromatic N) is 1. The number of benzene rings is 4. The molecule has 0 heterocycles. The Bertz CT molecular complexity index is 1420. The number of anilines is 3. The van der Waals surface area contributed by atoms with Crippen molar-refractivity contribution in [3.63, 3.8) is 0 Å². The van der Waals surface area contributed by atoms with E-state index in [1.165, 1.54) is 6.07 Å². The van der Waals surface area contributed by atoms with Gasteiger partial charge < -0.3 is 26.7 Å². The van der Waals surface area contributed by atoms with E-state index in [-0.39, 0.29) is 17.1 Å². The molecule has 0 aliphatic rings. The molecule has 36 heavy (non-hydrogen) atoms. The van der Waals surface area contributed by atoms with E-state index in [1.54, 1.807) is 66.7 Å². The van der Waals surface area contributed by atoms with Crippen LogP contribution in [0.15, 0.2) is 81.7 Å². The zero-order valence-corrected chi connectivity index (χ0v) is 22.9. The molecule has 0 saturated carbocycles. The average Bonchev–Trinajstić information content (AvgIpc) is 2.82. The number of halogens is 4.